The molecule has 1 amide bonds. The van der Waals surface area contributed by atoms with Gasteiger partial charge < -0.3 is 9.73 Å². The number of fused-ring (bicyclic) bond motifs is 1. The van der Waals surface area contributed by atoms with E-state index in [1.165, 1.54) is 12.8 Å². The lowest BCUT2D eigenvalue weighted by molar-refractivity contribution is -0.122. The number of amides is 1. The number of piperidine rings is 1. The molecule has 4 unspecified atom stereocenters. The number of hydrogen-bond donors (Lipinski definition) is 1. The number of carbonyl (C=O) groups is 1. The van der Waals surface area contributed by atoms with Crippen molar-refractivity contribution in [3.8, 4) is 0 Å². The van der Waals surface area contributed by atoms with E-state index >= 15 is 0 Å². The van der Waals surface area contributed by atoms with Gasteiger partial charge in [0, 0.05) is 12.5 Å². The van der Waals surface area contributed by atoms with Crippen molar-refractivity contribution in [2.75, 3.05) is 6.54 Å². The Hall–Kier alpha value is -1.29. The summed E-state index contributed by atoms with van der Waals surface area (Å²) in [5.74, 6) is 3.52. The fourth-order valence-corrected chi connectivity index (χ4v) is 3.53. The molecular weight excluding hydrogens is 240 g/mol. The summed E-state index contributed by atoms with van der Waals surface area (Å²) in [5, 5.41) is 3.09. The lowest BCUT2D eigenvalue weighted by Crippen LogP contribution is -2.38. The second kappa shape index (κ2) is 4.10. The van der Waals surface area contributed by atoms with Crippen molar-refractivity contribution < 1.29 is 9.21 Å². The highest BCUT2D eigenvalue weighted by Gasteiger charge is 2.43. The highest BCUT2D eigenvalue weighted by atomic mass is 16.3. The monoisotopic (exact) mass is 260 g/mol. The summed E-state index contributed by atoms with van der Waals surface area (Å²) in [4.78, 5) is 14.3. The van der Waals surface area contributed by atoms with Crippen LogP contribution in [0.4, 0.5) is 0 Å². The Kier molecular flexibility index (Phi) is 2.49. The summed E-state index contributed by atoms with van der Waals surface area (Å²) in [6.07, 6.45) is 4.51. The highest BCUT2D eigenvalue weighted by molar-refractivity contribution is 5.84. The molecule has 1 N–H and O–H groups in total. The fourth-order valence-electron chi connectivity index (χ4n) is 3.53. The van der Waals surface area contributed by atoms with Crippen molar-refractivity contribution in [3.63, 3.8) is 0 Å². The molecule has 0 aromatic carbocycles. The summed E-state index contributed by atoms with van der Waals surface area (Å²) in [7, 11) is 0. The van der Waals surface area contributed by atoms with Crippen molar-refractivity contribution in [3.05, 3.63) is 23.7 Å². The summed E-state index contributed by atoms with van der Waals surface area (Å²) < 4.78 is 6.00. The van der Waals surface area contributed by atoms with E-state index in [-0.39, 0.29) is 18.1 Å². The Labute approximate surface area is 113 Å². The van der Waals surface area contributed by atoms with Gasteiger partial charge in [-0.2, -0.15) is 0 Å². The number of furan rings is 1. The molecule has 0 spiro atoms. The molecule has 1 aliphatic carbocycles. The topological polar surface area (TPSA) is 45.5 Å². The number of nitrogens with one attached hydrogen (secondary N) is 1. The second-order valence-electron chi connectivity index (χ2n) is 6.22. The Morgan fingerprint density at radius 2 is 2.11 bits per heavy atom. The van der Waals surface area contributed by atoms with E-state index in [1.807, 2.05) is 6.07 Å². The first-order chi connectivity index (χ1) is 9.24. The van der Waals surface area contributed by atoms with E-state index < -0.39 is 0 Å². The van der Waals surface area contributed by atoms with Gasteiger partial charge in [0.15, 0.2) is 0 Å². The van der Waals surface area contributed by atoms with Gasteiger partial charge in [-0.15, -0.1) is 0 Å². The molecule has 0 bridgehead atoms. The van der Waals surface area contributed by atoms with Gasteiger partial charge in [0.05, 0.1) is 6.04 Å². The minimum absolute atomic E-state index is 0.0411. The van der Waals surface area contributed by atoms with Gasteiger partial charge in [-0.05, 0) is 37.3 Å². The largest absolute Gasteiger partial charge is 0.462 e. The van der Waals surface area contributed by atoms with Crippen LogP contribution in [-0.4, -0.2) is 23.4 Å². The number of hydrogen-bond acceptors (Lipinski definition) is 3. The molecule has 3 heterocycles. The van der Waals surface area contributed by atoms with Crippen molar-refractivity contribution in [2.45, 2.75) is 50.7 Å². The molecule has 0 radical (unpaired) electrons. The van der Waals surface area contributed by atoms with E-state index in [2.05, 4.69) is 23.2 Å². The van der Waals surface area contributed by atoms with Crippen LogP contribution in [-0.2, 0) is 4.79 Å². The van der Waals surface area contributed by atoms with Crippen LogP contribution >= 0.6 is 0 Å². The van der Waals surface area contributed by atoms with E-state index in [9.17, 15) is 4.79 Å². The minimum Gasteiger partial charge on any atom is -0.462 e. The second-order valence-corrected chi connectivity index (χ2v) is 6.22. The van der Waals surface area contributed by atoms with Crippen LogP contribution in [0.5, 0.6) is 0 Å². The average Bonchev–Trinajstić information content (AvgIpc) is 2.87. The lowest BCUT2D eigenvalue weighted by Gasteiger charge is -2.30. The number of carbonyl (C=O) groups excluding carboxylic acids is 1. The van der Waals surface area contributed by atoms with Crippen LogP contribution in [0.15, 0.2) is 16.5 Å². The summed E-state index contributed by atoms with van der Waals surface area (Å²) in [5.41, 5.74) is 0. The van der Waals surface area contributed by atoms with Gasteiger partial charge in [0.2, 0.25) is 5.91 Å². The molecule has 4 nitrogen and oxygen atoms in total. The third-order valence-corrected chi connectivity index (χ3v) is 4.85. The average molecular weight is 260 g/mol. The molecule has 2 aliphatic heterocycles. The molecule has 1 aromatic rings. The van der Waals surface area contributed by atoms with Crippen LogP contribution < -0.4 is 5.32 Å². The SMILES string of the molecule is CC1CC1c1ccc(C2NC(=O)C3CCCCN32)o1. The maximum atomic E-state index is 12.0. The van der Waals surface area contributed by atoms with Gasteiger partial charge in [0.25, 0.3) is 0 Å². The maximum Gasteiger partial charge on any atom is 0.239 e. The van der Waals surface area contributed by atoms with Gasteiger partial charge in [-0.1, -0.05) is 13.3 Å². The molecule has 102 valence electrons. The van der Waals surface area contributed by atoms with Crippen molar-refractivity contribution in [1.82, 2.24) is 10.2 Å². The molecular formula is C15H20N2O2. The third-order valence-electron chi connectivity index (χ3n) is 4.85. The van der Waals surface area contributed by atoms with Crippen molar-refractivity contribution in [1.29, 1.82) is 0 Å². The molecule has 3 aliphatic rings. The van der Waals surface area contributed by atoms with Crippen LogP contribution in [0.1, 0.15) is 56.2 Å². The molecule has 4 atom stereocenters. The Morgan fingerprint density at radius 3 is 2.89 bits per heavy atom. The van der Waals surface area contributed by atoms with Crippen molar-refractivity contribution >= 4 is 5.91 Å². The van der Waals surface area contributed by atoms with Gasteiger partial charge >= 0.3 is 0 Å². The third kappa shape index (κ3) is 1.81. The lowest BCUT2D eigenvalue weighted by atomic mass is 10.0. The minimum atomic E-state index is -0.0411. The van der Waals surface area contributed by atoms with Crippen LogP contribution in [0, 0.1) is 5.92 Å². The van der Waals surface area contributed by atoms with Crippen LogP contribution in [0.3, 0.4) is 0 Å². The first-order valence-electron chi connectivity index (χ1n) is 7.40. The quantitative estimate of drug-likeness (QED) is 0.888. The molecule has 1 saturated carbocycles. The molecule has 3 fully saturated rings. The first-order valence-corrected chi connectivity index (χ1v) is 7.40. The Bertz CT molecular complexity index is 510. The Morgan fingerprint density at radius 1 is 1.32 bits per heavy atom. The van der Waals surface area contributed by atoms with Gasteiger partial charge in [-0.3, -0.25) is 9.69 Å². The van der Waals surface area contributed by atoms with Gasteiger partial charge in [-0.25, -0.2) is 0 Å². The predicted octanol–water partition coefficient (Wildman–Crippen LogP) is 2.39. The molecule has 19 heavy (non-hydrogen) atoms. The smallest absolute Gasteiger partial charge is 0.239 e. The molecule has 4 heteroatoms. The fraction of sp³-hybridized carbons (Fsp3) is 0.667. The maximum absolute atomic E-state index is 12.0. The highest BCUT2D eigenvalue weighted by Crippen LogP contribution is 2.48. The zero-order valence-corrected chi connectivity index (χ0v) is 11.3. The normalized spacial score (nSPS) is 38.1. The summed E-state index contributed by atoms with van der Waals surface area (Å²) >= 11 is 0. The van der Waals surface area contributed by atoms with Crippen molar-refractivity contribution in [2.24, 2.45) is 5.92 Å². The van der Waals surface area contributed by atoms with E-state index in [4.69, 9.17) is 4.42 Å². The summed E-state index contributed by atoms with van der Waals surface area (Å²) in [6.45, 7) is 3.24. The van der Waals surface area contributed by atoms with Crippen LogP contribution in [0.2, 0.25) is 0 Å². The molecule has 4 rings (SSSR count). The molecule has 1 aromatic heterocycles. The molecule has 2 saturated heterocycles. The van der Waals surface area contributed by atoms with E-state index in [0.29, 0.717) is 5.92 Å². The standard InChI is InChI=1S/C15H20N2O2/c1-9-8-10(9)12-5-6-13(19-12)14-16-15(18)11-4-2-3-7-17(11)14/h5-6,9-11,14H,2-4,7-8H2,1H3,(H,16,18). The predicted molar refractivity (Wildman–Crippen MR) is 70.5 cm³/mol. The number of rotatable bonds is 2. The van der Waals surface area contributed by atoms with Crippen LogP contribution in [0.25, 0.3) is 0 Å². The summed E-state index contributed by atoms with van der Waals surface area (Å²) in [6, 6.07) is 4.20. The Balaban J connectivity index is 1.58. The van der Waals surface area contributed by atoms with E-state index in [0.717, 1.165) is 36.8 Å². The van der Waals surface area contributed by atoms with Gasteiger partial charge in [0.1, 0.15) is 17.7 Å². The number of nitrogens with zero attached hydrogens (tertiary/aromatic N) is 1. The van der Waals surface area contributed by atoms with E-state index in [1.54, 1.807) is 0 Å². The first kappa shape index (κ1) is 11.5. The zero-order valence-electron chi connectivity index (χ0n) is 11.3. The zero-order chi connectivity index (χ0) is 13.0.